The number of imidazole rings is 1. The second-order valence-electron chi connectivity index (χ2n) is 6.57. The number of aliphatic hydroxyl groups excluding tert-OH is 2. The molecule has 0 aliphatic carbocycles. The van der Waals surface area contributed by atoms with Crippen molar-refractivity contribution < 1.29 is 75.1 Å². The molecule has 35 heavy (non-hydrogen) atoms. The molecule has 0 radical (unpaired) electrons. The van der Waals surface area contributed by atoms with Crippen molar-refractivity contribution in [3.05, 3.63) is 12.7 Å². The number of aromatic nitrogens is 4. The highest BCUT2D eigenvalue weighted by Crippen LogP contribution is 2.70. The maximum Gasteiger partial charge on any atom is 0.490 e. The molecule has 1 fully saturated rings. The van der Waals surface area contributed by atoms with Crippen molar-refractivity contribution in [1.29, 1.82) is 0 Å². The van der Waals surface area contributed by atoms with Gasteiger partial charge in [-0.25, -0.2) is 33.2 Å². The van der Waals surface area contributed by atoms with Gasteiger partial charge in [0, 0.05) is 0 Å². The maximum absolute atomic E-state index is 12.0. The summed E-state index contributed by atoms with van der Waals surface area (Å²) in [7, 11) is -23.3. The molecule has 0 spiro atoms. The van der Waals surface area contributed by atoms with E-state index in [1.165, 1.54) is 4.57 Å². The predicted molar refractivity (Wildman–Crippen MR) is 106 cm³/mol. The van der Waals surface area contributed by atoms with Crippen LogP contribution in [-0.2, 0) is 40.5 Å². The van der Waals surface area contributed by atoms with Gasteiger partial charge in [-0.05, 0) is 0 Å². The number of anilines is 1. The lowest BCUT2D eigenvalue weighted by molar-refractivity contribution is -0.0503. The van der Waals surface area contributed by atoms with Gasteiger partial charge >= 0.3 is 31.3 Å². The van der Waals surface area contributed by atoms with E-state index in [1.807, 2.05) is 0 Å². The molecular weight excluding hydrogens is 570 g/mol. The molecule has 0 bridgehead atoms. The Bertz CT molecular complexity index is 1280. The Morgan fingerprint density at radius 2 is 1.51 bits per heavy atom. The molecule has 1 saturated heterocycles. The fourth-order valence-electron chi connectivity index (χ4n) is 2.77. The molecule has 0 saturated carbocycles. The predicted octanol–water partition coefficient (Wildman–Crippen LogP) is -1.51. The van der Waals surface area contributed by atoms with E-state index in [1.54, 1.807) is 0 Å². The summed E-state index contributed by atoms with van der Waals surface area (Å²) in [5.41, 5.74) is 5.92. The number of nitrogen functional groups attached to an aromatic ring is 1. The van der Waals surface area contributed by atoms with Crippen molar-refractivity contribution in [2.24, 2.45) is 0 Å². The van der Waals surface area contributed by atoms with Crippen LogP contribution in [0.2, 0.25) is 0 Å². The first-order valence-electron chi connectivity index (χ1n) is 8.67. The molecule has 1 aliphatic rings. The minimum Gasteiger partial charge on any atom is -0.387 e. The lowest BCUT2D eigenvalue weighted by Crippen LogP contribution is -2.33. The molecule has 9 N–H and O–H groups in total. The van der Waals surface area contributed by atoms with Crippen LogP contribution in [0.4, 0.5) is 5.82 Å². The van der Waals surface area contributed by atoms with Gasteiger partial charge in [-0.1, -0.05) is 0 Å². The summed E-state index contributed by atoms with van der Waals surface area (Å²) in [6.45, 7) is -1.05. The molecule has 3 rings (SSSR count). The molecule has 21 nitrogen and oxygen atoms in total. The van der Waals surface area contributed by atoms with Crippen LogP contribution in [0.15, 0.2) is 12.7 Å². The average Bonchev–Trinajstić information content (AvgIpc) is 3.19. The molecule has 7 atom stereocenters. The molecule has 1 aliphatic heterocycles. The fraction of sp³-hybridized carbons (Fsp3) is 0.500. The Balaban J connectivity index is 1.65. The Morgan fingerprint density at radius 3 is 2.14 bits per heavy atom. The second-order valence-corrected chi connectivity index (χ2v) is 12.6. The van der Waals surface area contributed by atoms with Crippen molar-refractivity contribution in [2.75, 3.05) is 12.3 Å². The Hall–Kier alpha value is -1.21. The van der Waals surface area contributed by atoms with Crippen molar-refractivity contribution in [2.45, 2.75) is 24.5 Å². The zero-order valence-electron chi connectivity index (χ0n) is 16.6. The number of phosphoric ester groups is 1. The standard InChI is InChI=1S/C10H17N5O16P4/c11-8-5-9(13-2-12-8)15(3-14-5)10-7(17)6(16)4(28-10)1-27-33(21,22)30-35(25,26)31-34(23,24)29-32(18,19)20/h2-4,6-7,10,16-17H,1H2,(H,21,22)(H,23,24)(H,25,26)(H2,11,12,13)(H2,18,19,20)/t4-,6+,7-,10-/m1/s1. The van der Waals surface area contributed by atoms with Crippen LogP contribution in [0.1, 0.15) is 6.23 Å². The largest absolute Gasteiger partial charge is 0.490 e. The summed E-state index contributed by atoms with van der Waals surface area (Å²) in [6.07, 6.45) is -4.05. The summed E-state index contributed by atoms with van der Waals surface area (Å²) in [5, 5.41) is 20.5. The molecule has 0 amide bonds. The van der Waals surface area contributed by atoms with Crippen molar-refractivity contribution >= 4 is 48.3 Å². The zero-order valence-corrected chi connectivity index (χ0v) is 20.2. The number of ether oxygens (including phenoxy) is 1. The van der Waals surface area contributed by atoms with E-state index in [9.17, 15) is 38.3 Å². The van der Waals surface area contributed by atoms with Crippen LogP contribution in [0.25, 0.3) is 11.2 Å². The molecule has 0 aromatic carbocycles. The first-order chi connectivity index (χ1) is 15.9. The van der Waals surface area contributed by atoms with Gasteiger partial charge in [-0.2, -0.15) is 12.9 Å². The normalized spacial score (nSPS) is 28.4. The minimum absolute atomic E-state index is 0.00862. The minimum atomic E-state index is -6.00. The number of rotatable bonds is 10. The average molecular weight is 587 g/mol. The third-order valence-electron chi connectivity index (χ3n) is 4.02. The summed E-state index contributed by atoms with van der Waals surface area (Å²) < 4.78 is 67.0. The van der Waals surface area contributed by atoms with Crippen molar-refractivity contribution in [3.8, 4) is 0 Å². The highest BCUT2D eigenvalue weighted by atomic mass is 31.3. The molecule has 2 aromatic heterocycles. The SMILES string of the molecule is Nc1ncnc2c1ncn2[C@@H]1O[C@H](COP(=O)(O)OP(=O)(O)OP(=O)(O)OP(=O)(O)O)[C@H](O)[C@H]1O. The number of nitrogens with two attached hydrogens (primary N) is 1. The number of nitrogens with zero attached hydrogens (tertiary/aromatic N) is 4. The van der Waals surface area contributed by atoms with Gasteiger partial charge in [-0.15, -0.1) is 0 Å². The highest BCUT2D eigenvalue weighted by molar-refractivity contribution is 7.69. The Kier molecular flexibility index (Phi) is 8.04. The summed E-state index contributed by atoms with van der Waals surface area (Å²) in [5.74, 6) is 0.00862. The molecule has 3 heterocycles. The monoisotopic (exact) mass is 587 g/mol. The van der Waals surface area contributed by atoms with E-state index in [0.717, 1.165) is 12.7 Å². The molecule has 25 heteroatoms. The van der Waals surface area contributed by atoms with Crippen LogP contribution in [0.3, 0.4) is 0 Å². The van der Waals surface area contributed by atoms with Gasteiger partial charge < -0.3 is 45.2 Å². The van der Waals surface area contributed by atoms with Crippen LogP contribution >= 0.6 is 31.3 Å². The van der Waals surface area contributed by atoms with Gasteiger partial charge in [0.2, 0.25) is 0 Å². The van der Waals surface area contributed by atoms with Gasteiger partial charge in [0.25, 0.3) is 0 Å². The maximum atomic E-state index is 12.0. The molecule has 198 valence electrons. The Labute approximate surface area is 193 Å². The van der Waals surface area contributed by atoms with E-state index in [2.05, 4.69) is 32.4 Å². The first-order valence-corrected chi connectivity index (χ1v) is 14.7. The lowest BCUT2D eigenvalue weighted by atomic mass is 10.1. The topological polar surface area (TPSA) is 326 Å². The number of fused-ring (bicyclic) bond motifs is 1. The number of hydrogen-bond acceptors (Lipinski definition) is 15. The highest BCUT2D eigenvalue weighted by Gasteiger charge is 2.48. The van der Waals surface area contributed by atoms with Crippen LogP contribution in [0.5, 0.6) is 0 Å². The van der Waals surface area contributed by atoms with Gasteiger partial charge in [-0.3, -0.25) is 9.09 Å². The van der Waals surface area contributed by atoms with E-state index in [-0.39, 0.29) is 17.0 Å². The smallest absolute Gasteiger partial charge is 0.387 e. The quantitative estimate of drug-likeness (QED) is 0.146. The van der Waals surface area contributed by atoms with Crippen LogP contribution in [0, 0.1) is 0 Å². The number of hydrogen-bond donors (Lipinski definition) is 8. The molecule has 3 unspecified atom stereocenters. The van der Waals surface area contributed by atoms with Crippen molar-refractivity contribution in [1.82, 2.24) is 19.5 Å². The summed E-state index contributed by atoms with van der Waals surface area (Å²) in [6, 6.07) is 0. The first kappa shape index (κ1) is 28.4. The van der Waals surface area contributed by atoms with Crippen LogP contribution in [-0.4, -0.2) is 79.1 Å². The number of aliphatic hydroxyl groups is 2. The molecular formula is C10H17N5O16P4. The van der Waals surface area contributed by atoms with E-state index in [0.29, 0.717) is 0 Å². The third kappa shape index (κ3) is 7.18. The fourth-order valence-corrected chi connectivity index (χ4v) is 7.23. The van der Waals surface area contributed by atoms with Crippen LogP contribution < -0.4 is 5.73 Å². The second kappa shape index (κ2) is 9.92. The van der Waals surface area contributed by atoms with E-state index in [4.69, 9.17) is 25.2 Å². The molecule has 2 aromatic rings. The van der Waals surface area contributed by atoms with Crippen molar-refractivity contribution in [3.63, 3.8) is 0 Å². The van der Waals surface area contributed by atoms with Gasteiger partial charge in [0.15, 0.2) is 17.7 Å². The summed E-state index contributed by atoms with van der Waals surface area (Å²) >= 11 is 0. The van der Waals surface area contributed by atoms with Gasteiger partial charge in [0.1, 0.15) is 30.2 Å². The van der Waals surface area contributed by atoms with Gasteiger partial charge in [0.05, 0.1) is 12.9 Å². The summed E-state index contributed by atoms with van der Waals surface area (Å²) in [4.78, 5) is 56.5. The number of phosphoric acid groups is 4. The third-order valence-corrected chi connectivity index (χ3v) is 9.48. The lowest BCUT2D eigenvalue weighted by Gasteiger charge is -2.20. The van der Waals surface area contributed by atoms with E-state index < -0.39 is 62.4 Å². The Morgan fingerprint density at radius 1 is 0.914 bits per heavy atom. The van der Waals surface area contributed by atoms with E-state index >= 15 is 0 Å². The zero-order chi connectivity index (χ0) is 26.4.